The van der Waals surface area contributed by atoms with Crippen LogP contribution in [0, 0.1) is 28.6 Å². The van der Waals surface area contributed by atoms with Gasteiger partial charge in [-0.3, -0.25) is 9.59 Å². The smallest absolute Gasteiger partial charge is 0.302 e. The van der Waals surface area contributed by atoms with Crippen molar-refractivity contribution in [3.05, 3.63) is 0 Å². The van der Waals surface area contributed by atoms with Crippen LogP contribution in [0.25, 0.3) is 0 Å². The number of carbonyl (C=O) groups is 2. The van der Waals surface area contributed by atoms with Crippen molar-refractivity contribution >= 4 is 11.9 Å². The normalized spacial score (nSPS) is 53.9. The number of esters is 1. The number of carbonyl (C=O) groups excluding carboxylic acids is 2. The van der Waals surface area contributed by atoms with Crippen LogP contribution in [0.4, 0.5) is 0 Å². The maximum absolute atomic E-state index is 11.7. The van der Waals surface area contributed by atoms with Crippen molar-refractivity contribution in [1.82, 2.24) is 5.32 Å². The second kappa shape index (κ2) is 5.96. The Morgan fingerprint density at radius 2 is 1.82 bits per heavy atom. The summed E-state index contributed by atoms with van der Waals surface area (Å²) < 4.78 is 12.1. The third-order valence-electron chi connectivity index (χ3n) is 9.75. The Balaban J connectivity index is 1.39. The van der Waals surface area contributed by atoms with Gasteiger partial charge in [0.2, 0.25) is 5.91 Å². The van der Waals surface area contributed by atoms with E-state index in [1.54, 1.807) is 6.92 Å². The average molecular weight is 390 g/mol. The number of nitrogens with one attached hydrogen (secondary N) is 1. The molecule has 1 heterocycles. The summed E-state index contributed by atoms with van der Waals surface area (Å²) in [5.41, 5.74) is 0.369. The number of ether oxygens (including phenoxy) is 2. The van der Waals surface area contributed by atoms with Gasteiger partial charge in [-0.25, -0.2) is 0 Å². The minimum absolute atomic E-state index is 0.0246. The molecule has 0 bridgehead atoms. The van der Waals surface area contributed by atoms with Crippen LogP contribution in [-0.4, -0.2) is 35.7 Å². The SMILES string of the molecule is CC(=O)N[C@H]1CC[C@H]2[C@@H]3CC4OC45C[C@@H](OC(C)=O)CC[C@]5(C)[C@H]3CC[C@]12C. The molecule has 5 heteroatoms. The van der Waals surface area contributed by atoms with Gasteiger partial charge in [0.15, 0.2) is 0 Å². The summed E-state index contributed by atoms with van der Waals surface area (Å²) in [6, 6.07) is 0.329. The predicted molar refractivity (Wildman–Crippen MR) is 104 cm³/mol. The molecule has 2 unspecified atom stereocenters. The molecule has 1 aliphatic heterocycles. The first-order valence-corrected chi connectivity index (χ1v) is 11.3. The Morgan fingerprint density at radius 3 is 2.54 bits per heavy atom. The highest BCUT2D eigenvalue weighted by Crippen LogP contribution is 2.73. The molecule has 1 amide bonds. The lowest BCUT2D eigenvalue weighted by Crippen LogP contribution is -2.59. The first kappa shape index (κ1) is 18.9. The summed E-state index contributed by atoms with van der Waals surface area (Å²) >= 11 is 0. The van der Waals surface area contributed by atoms with Crippen molar-refractivity contribution in [1.29, 1.82) is 0 Å². The van der Waals surface area contributed by atoms with Gasteiger partial charge in [0.1, 0.15) is 11.7 Å². The van der Waals surface area contributed by atoms with Crippen molar-refractivity contribution in [2.45, 2.75) is 103 Å². The quantitative estimate of drug-likeness (QED) is 0.579. The molecule has 4 aliphatic carbocycles. The van der Waals surface area contributed by atoms with Gasteiger partial charge in [-0.1, -0.05) is 13.8 Å². The number of fused-ring (bicyclic) bond motifs is 4. The molecule has 5 rings (SSSR count). The lowest BCUT2D eigenvalue weighted by Gasteiger charge is -2.59. The number of amides is 1. The van der Waals surface area contributed by atoms with Crippen LogP contribution in [-0.2, 0) is 19.1 Å². The summed E-state index contributed by atoms with van der Waals surface area (Å²) in [5, 5.41) is 3.27. The predicted octanol–water partition coefficient (Wildman–Crippen LogP) is 3.60. The third kappa shape index (κ3) is 2.41. The Bertz CT molecular complexity index is 709. The van der Waals surface area contributed by atoms with E-state index in [0.29, 0.717) is 29.9 Å². The zero-order chi connectivity index (χ0) is 19.9. The van der Waals surface area contributed by atoms with Crippen molar-refractivity contribution in [3.8, 4) is 0 Å². The Hall–Kier alpha value is -1.10. The number of hydrogen-bond acceptors (Lipinski definition) is 4. The summed E-state index contributed by atoms with van der Waals surface area (Å²) in [7, 11) is 0. The molecular weight excluding hydrogens is 354 g/mol. The average Bonchev–Trinajstić information content (AvgIpc) is 3.20. The van der Waals surface area contributed by atoms with Gasteiger partial charge < -0.3 is 14.8 Å². The molecule has 1 N–H and O–H groups in total. The minimum Gasteiger partial charge on any atom is -0.462 e. The molecule has 0 radical (unpaired) electrons. The first-order chi connectivity index (χ1) is 13.2. The van der Waals surface area contributed by atoms with Gasteiger partial charge in [0.05, 0.1) is 6.10 Å². The Labute approximate surface area is 168 Å². The van der Waals surface area contributed by atoms with Gasteiger partial charge >= 0.3 is 5.97 Å². The molecule has 9 atom stereocenters. The van der Waals surface area contributed by atoms with E-state index in [-0.39, 0.29) is 34.4 Å². The van der Waals surface area contributed by atoms with Gasteiger partial charge in [-0.05, 0) is 68.1 Å². The van der Waals surface area contributed by atoms with Gasteiger partial charge in [-0.15, -0.1) is 0 Å². The van der Waals surface area contributed by atoms with E-state index in [1.807, 2.05) is 0 Å². The van der Waals surface area contributed by atoms with E-state index >= 15 is 0 Å². The maximum atomic E-state index is 11.7. The van der Waals surface area contributed by atoms with Crippen LogP contribution in [0.1, 0.15) is 79.1 Å². The fourth-order valence-corrected chi connectivity index (χ4v) is 8.46. The molecule has 156 valence electrons. The van der Waals surface area contributed by atoms with Crippen molar-refractivity contribution in [2.75, 3.05) is 0 Å². The number of rotatable bonds is 2. The summed E-state index contributed by atoms with van der Waals surface area (Å²) in [6.07, 6.45) is 9.24. The van der Waals surface area contributed by atoms with E-state index in [9.17, 15) is 9.59 Å². The molecule has 5 nitrogen and oxygen atoms in total. The summed E-state index contributed by atoms with van der Waals surface area (Å²) in [5.74, 6) is 2.03. The monoisotopic (exact) mass is 389 g/mol. The van der Waals surface area contributed by atoms with E-state index in [4.69, 9.17) is 9.47 Å². The Kier molecular flexibility index (Phi) is 4.02. The van der Waals surface area contributed by atoms with Gasteiger partial charge in [0.25, 0.3) is 0 Å². The van der Waals surface area contributed by atoms with Crippen molar-refractivity contribution < 1.29 is 19.1 Å². The van der Waals surface area contributed by atoms with Crippen molar-refractivity contribution in [3.63, 3.8) is 0 Å². The zero-order valence-electron chi connectivity index (χ0n) is 17.8. The molecular formula is C23H35NO4. The van der Waals surface area contributed by atoms with Gasteiger partial charge in [-0.2, -0.15) is 0 Å². The largest absolute Gasteiger partial charge is 0.462 e. The number of epoxide rings is 1. The molecule has 1 saturated heterocycles. The van der Waals surface area contributed by atoms with Crippen LogP contribution >= 0.6 is 0 Å². The van der Waals surface area contributed by atoms with Crippen LogP contribution in [0.3, 0.4) is 0 Å². The van der Waals surface area contributed by atoms with E-state index in [1.165, 1.54) is 26.2 Å². The van der Waals surface area contributed by atoms with Crippen LogP contribution in [0.15, 0.2) is 0 Å². The molecule has 28 heavy (non-hydrogen) atoms. The summed E-state index contributed by atoms with van der Waals surface area (Å²) in [4.78, 5) is 23.2. The van der Waals surface area contributed by atoms with Crippen LogP contribution < -0.4 is 5.32 Å². The molecule has 4 saturated carbocycles. The van der Waals surface area contributed by atoms with E-state index in [2.05, 4.69) is 19.2 Å². The highest BCUT2D eigenvalue weighted by atomic mass is 16.6. The topological polar surface area (TPSA) is 67.9 Å². The molecule has 0 aromatic carbocycles. The van der Waals surface area contributed by atoms with Gasteiger partial charge in [0, 0.05) is 31.7 Å². The highest BCUT2D eigenvalue weighted by Gasteiger charge is 2.76. The lowest BCUT2D eigenvalue weighted by molar-refractivity contribution is -0.157. The number of hydrogen-bond donors (Lipinski definition) is 1. The van der Waals surface area contributed by atoms with E-state index in [0.717, 1.165) is 32.1 Å². The molecule has 0 aromatic rings. The fourth-order valence-electron chi connectivity index (χ4n) is 8.46. The van der Waals surface area contributed by atoms with Crippen molar-refractivity contribution in [2.24, 2.45) is 28.6 Å². The van der Waals surface area contributed by atoms with E-state index < -0.39 is 0 Å². The molecule has 5 fully saturated rings. The van der Waals surface area contributed by atoms with Crippen LogP contribution in [0.2, 0.25) is 0 Å². The second-order valence-corrected chi connectivity index (χ2v) is 10.9. The van der Waals surface area contributed by atoms with Crippen LogP contribution in [0.5, 0.6) is 0 Å². The highest BCUT2D eigenvalue weighted by molar-refractivity contribution is 5.73. The molecule has 5 aliphatic rings. The first-order valence-electron chi connectivity index (χ1n) is 11.3. The maximum Gasteiger partial charge on any atom is 0.302 e. The Morgan fingerprint density at radius 1 is 1.04 bits per heavy atom. The third-order valence-corrected chi connectivity index (χ3v) is 9.75. The molecule has 1 spiro atoms. The summed E-state index contributed by atoms with van der Waals surface area (Å²) in [6.45, 7) is 8.06. The molecule has 0 aromatic heterocycles. The standard InChI is InChI=1S/C23H35NO4/c1-13(25)24-19-6-5-17-16-11-20-23(28-20)12-15(27-14(2)26)7-10-22(23,4)18(16)8-9-21(17,19)3/h15-20H,5-12H2,1-4H3,(H,24,25)/t15-,16-,17-,18-,19-,20?,21-,22+,23?/m0/s1. The minimum atomic E-state index is -0.167. The lowest BCUT2D eigenvalue weighted by atomic mass is 9.45. The zero-order valence-corrected chi connectivity index (χ0v) is 17.8. The second-order valence-electron chi connectivity index (χ2n) is 10.9. The fraction of sp³-hybridized carbons (Fsp3) is 0.913.